The maximum Gasteiger partial charge on any atom is 0.0860 e. The Balaban J connectivity index is 2.15. The van der Waals surface area contributed by atoms with Gasteiger partial charge >= 0.3 is 0 Å². The topological polar surface area (TPSA) is 29.9 Å². The van der Waals surface area contributed by atoms with Gasteiger partial charge in [0.05, 0.1) is 16.4 Å². The van der Waals surface area contributed by atoms with Gasteiger partial charge in [-0.15, -0.1) is 0 Å². The van der Waals surface area contributed by atoms with E-state index >= 15 is 0 Å². The molecule has 116 valence electrons. The number of rotatable bonds is 10. The maximum atomic E-state index is 6.28. The predicted molar refractivity (Wildman–Crippen MR) is 87.3 cm³/mol. The standard InChI is InChI=1S/C16H30ClN3/c1-5-20-15(16(17)14(4)19-20)12-18-11-9-7-6-8-10-13(2)3/h13,18H,5-12H2,1-4H3. The zero-order valence-corrected chi connectivity index (χ0v) is 14.3. The van der Waals surface area contributed by atoms with Crippen molar-refractivity contribution in [1.82, 2.24) is 15.1 Å². The fourth-order valence-corrected chi connectivity index (χ4v) is 2.60. The Morgan fingerprint density at radius 2 is 1.90 bits per heavy atom. The van der Waals surface area contributed by atoms with Crippen LogP contribution in [-0.2, 0) is 13.1 Å². The SMILES string of the molecule is CCn1nc(C)c(Cl)c1CNCCCCCCC(C)C. The lowest BCUT2D eigenvalue weighted by Crippen LogP contribution is -2.18. The van der Waals surface area contributed by atoms with Gasteiger partial charge in [-0.1, -0.05) is 51.1 Å². The van der Waals surface area contributed by atoms with Crippen molar-refractivity contribution in [3.05, 3.63) is 16.4 Å². The lowest BCUT2D eigenvalue weighted by molar-refractivity contribution is 0.508. The number of hydrogen-bond donors (Lipinski definition) is 1. The minimum absolute atomic E-state index is 0.816. The second-order valence-electron chi connectivity index (χ2n) is 5.94. The molecule has 0 unspecified atom stereocenters. The van der Waals surface area contributed by atoms with Crippen molar-refractivity contribution in [2.24, 2.45) is 5.92 Å². The molecule has 0 bridgehead atoms. The van der Waals surface area contributed by atoms with Gasteiger partial charge in [0.15, 0.2) is 0 Å². The molecule has 1 aromatic rings. The van der Waals surface area contributed by atoms with Gasteiger partial charge in [-0.2, -0.15) is 5.10 Å². The van der Waals surface area contributed by atoms with E-state index in [1.165, 1.54) is 32.1 Å². The summed E-state index contributed by atoms with van der Waals surface area (Å²) in [6.45, 7) is 11.4. The van der Waals surface area contributed by atoms with Crippen molar-refractivity contribution < 1.29 is 0 Å². The van der Waals surface area contributed by atoms with Crippen LogP contribution in [0.15, 0.2) is 0 Å². The third kappa shape index (κ3) is 5.84. The van der Waals surface area contributed by atoms with Crippen LogP contribution < -0.4 is 5.32 Å². The van der Waals surface area contributed by atoms with E-state index in [4.69, 9.17) is 11.6 Å². The Hall–Kier alpha value is -0.540. The molecule has 0 aliphatic rings. The summed E-state index contributed by atoms with van der Waals surface area (Å²) in [5.74, 6) is 0.841. The van der Waals surface area contributed by atoms with Gasteiger partial charge in [0.1, 0.15) is 0 Å². The molecule has 1 aromatic heterocycles. The van der Waals surface area contributed by atoms with E-state index in [1.807, 2.05) is 11.6 Å². The van der Waals surface area contributed by atoms with E-state index in [2.05, 4.69) is 31.2 Å². The quantitative estimate of drug-likeness (QED) is 0.642. The van der Waals surface area contributed by atoms with E-state index in [9.17, 15) is 0 Å². The molecule has 0 amide bonds. The molecular weight excluding hydrogens is 270 g/mol. The highest BCUT2D eigenvalue weighted by atomic mass is 35.5. The first kappa shape index (κ1) is 17.5. The molecular formula is C16H30ClN3. The van der Waals surface area contributed by atoms with Crippen molar-refractivity contribution in [3.63, 3.8) is 0 Å². The average molecular weight is 300 g/mol. The monoisotopic (exact) mass is 299 g/mol. The number of halogens is 1. The zero-order chi connectivity index (χ0) is 15.0. The Bertz CT molecular complexity index is 385. The summed E-state index contributed by atoms with van der Waals surface area (Å²) in [4.78, 5) is 0. The summed E-state index contributed by atoms with van der Waals surface area (Å²) < 4.78 is 1.99. The molecule has 0 aliphatic carbocycles. The van der Waals surface area contributed by atoms with E-state index in [0.717, 1.165) is 42.0 Å². The largest absolute Gasteiger partial charge is 0.311 e. The Kier molecular flexibility index (Phi) is 8.24. The van der Waals surface area contributed by atoms with Crippen LogP contribution in [0.2, 0.25) is 5.02 Å². The fourth-order valence-electron chi connectivity index (χ4n) is 2.40. The predicted octanol–water partition coefficient (Wildman–Crippen LogP) is 4.56. The fraction of sp³-hybridized carbons (Fsp3) is 0.812. The van der Waals surface area contributed by atoms with Gasteiger partial charge < -0.3 is 5.32 Å². The van der Waals surface area contributed by atoms with E-state index in [0.29, 0.717) is 0 Å². The molecule has 0 aromatic carbocycles. The van der Waals surface area contributed by atoms with Crippen molar-refractivity contribution in [2.45, 2.75) is 72.9 Å². The second kappa shape index (κ2) is 9.41. The molecule has 0 aliphatic heterocycles. The van der Waals surface area contributed by atoms with Gasteiger partial charge in [0.2, 0.25) is 0 Å². The molecule has 0 atom stereocenters. The Labute approximate surface area is 129 Å². The molecule has 1 heterocycles. The number of aryl methyl sites for hydroxylation is 2. The third-order valence-corrected chi connectivity index (χ3v) is 4.12. The van der Waals surface area contributed by atoms with Crippen molar-refractivity contribution >= 4 is 11.6 Å². The summed E-state index contributed by atoms with van der Waals surface area (Å²) in [7, 11) is 0. The molecule has 0 fully saturated rings. The maximum absolute atomic E-state index is 6.28. The number of hydrogen-bond acceptors (Lipinski definition) is 2. The van der Waals surface area contributed by atoms with Crippen LogP contribution in [0.4, 0.5) is 0 Å². The molecule has 1 rings (SSSR count). The summed E-state index contributed by atoms with van der Waals surface area (Å²) in [5, 5.41) is 8.73. The highest BCUT2D eigenvalue weighted by Crippen LogP contribution is 2.19. The molecule has 20 heavy (non-hydrogen) atoms. The summed E-state index contributed by atoms with van der Waals surface area (Å²) >= 11 is 6.28. The third-order valence-electron chi connectivity index (χ3n) is 3.63. The number of unbranched alkanes of at least 4 members (excludes halogenated alkanes) is 3. The van der Waals surface area contributed by atoms with Gasteiger partial charge in [0, 0.05) is 13.1 Å². The Morgan fingerprint density at radius 1 is 1.20 bits per heavy atom. The first-order chi connectivity index (χ1) is 9.56. The smallest absolute Gasteiger partial charge is 0.0860 e. The number of nitrogens with zero attached hydrogens (tertiary/aromatic N) is 2. The molecule has 0 radical (unpaired) electrons. The average Bonchev–Trinajstić information content (AvgIpc) is 2.68. The summed E-state index contributed by atoms with van der Waals surface area (Å²) in [6.07, 6.45) is 6.64. The van der Waals surface area contributed by atoms with Crippen LogP contribution in [-0.4, -0.2) is 16.3 Å². The van der Waals surface area contributed by atoms with E-state index in [-0.39, 0.29) is 0 Å². The molecule has 0 spiro atoms. The molecule has 3 nitrogen and oxygen atoms in total. The highest BCUT2D eigenvalue weighted by molar-refractivity contribution is 6.31. The normalized spacial score (nSPS) is 11.5. The highest BCUT2D eigenvalue weighted by Gasteiger charge is 2.11. The van der Waals surface area contributed by atoms with Crippen LogP contribution in [0.25, 0.3) is 0 Å². The van der Waals surface area contributed by atoms with Crippen LogP contribution in [0, 0.1) is 12.8 Å². The first-order valence-corrected chi connectivity index (χ1v) is 8.36. The Morgan fingerprint density at radius 3 is 2.55 bits per heavy atom. The summed E-state index contributed by atoms with van der Waals surface area (Å²) in [6, 6.07) is 0. The van der Waals surface area contributed by atoms with Crippen LogP contribution in [0.3, 0.4) is 0 Å². The van der Waals surface area contributed by atoms with Crippen molar-refractivity contribution in [2.75, 3.05) is 6.54 Å². The minimum Gasteiger partial charge on any atom is -0.311 e. The first-order valence-electron chi connectivity index (χ1n) is 7.98. The molecule has 4 heteroatoms. The van der Waals surface area contributed by atoms with Gasteiger partial charge in [-0.25, -0.2) is 0 Å². The van der Waals surface area contributed by atoms with E-state index < -0.39 is 0 Å². The van der Waals surface area contributed by atoms with Gasteiger partial charge in [0.25, 0.3) is 0 Å². The second-order valence-corrected chi connectivity index (χ2v) is 6.31. The lowest BCUT2D eigenvalue weighted by atomic mass is 10.0. The van der Waals surface area contributed by atoms with Gasteiger partial charge in [-0.3, -0.25) is 4.68 Å². The lowest BCUT2D eigenvalue weighted by Gasteiger charge is -2.08. The molecule has 1 N–H and O–H groups in total. The van der Waals surface area contributed by atoms with Crippen LogP contribution >= 0.6 is 11.6 Å². The molecule has 0 saturated heterocycles. The minimum atomic E-state index is 0.816. The molecule has 0 saturated carbocycles. The number of nitrogens with one attached hydrogen (secondary N) is 1. The van der Waals surface area contributed by atoms with Crippen molar-refractivity contribution in [3.8, 4) is 0 Å². The van der Waals surface area contributed by atoms with Crippen LogP contribution in [0.5, 0.6) is 0 Å². The summed E-state index contributed by atoms with van der Waals surface area (Å²) in [5.41, 5.74) is 2.05. The zero-order valence-electron chi connectivity index (χ0n) is 13.5. The van der Waals surface area contributed by atoms with Gasteiger partial charge in [-0.05, 0) is 32.7 Å². The van der Waals surface area contributed by atoms with E-state index in [1.54, 1.807) is 0 Å². The van der Waals surface area contributed by atoms with Crippen molar-refractivity contribution in [1.29, 1.82) is 0 Å². The van der Waals surface area contributed by atoms with Crippen LogP contribution in [0.1, 0.15) is 64.3 Å². The number of aromatic nitrogens is 2.